The van der Waals surface area contributed by atoms with Gasteiger partial charge in [0, 0.05) is 7.11 Å². The number of nitrogens with zero attached hydrogens (tertiary/aromatic N) is 1. The van der Waals surface area contributed by atoms with Crippen LogP contribution in [0.4, 0.5) is 0 Å². The van der Waals surface area contributed by atoms with Gasteiger partial charge in [-0.1, -0.05) is 30.3 Å². The van der Waals surface area contributed by atoms with Gasteiger partial charge in [0.05, 0.1) is 5.54 Å². The summed E-state index contributed by atoms with van der Waals surface area (Å²) < 4.78 is 5.39. The third kappa shape index (κ3) is 3.66. The van der Waals surface area contributed by atoms with E-state index in [1.165, 1.54) is 0 Å². The second-order valence-corrected chi connectivity index (χ2v) is 4.73. The van der Waals surface area contributed by atoms with Gasteiger partial charge in [-0.2, -0.15) is 0 Å². The van der Waals surface area contributed by atoms with E-state index in [4.69, 9.17) is 10.5 Å². The van der Waals surface area contributed by atoms with Crippen LogP contribution < -0.4 is 5.73 Å². The predicted molar refractivity (Wildman–Crippen MR) is 67.6 cm³/mol. The van der Waals surface area contributed by atoms with Crippen LogP contribution in [0.5, 0.6) is 0 Å². The molecule has 0 fully saturated rings. The van der Waals surface area contributed by atoms with Crippen LogP contribution in [0.25, 0.3) is 0 Å². The van der Waals surface area contributed by atoms with E-state index in [2.05, 4.69) is 4.99 Å². The van der Waals surface area contributed by atoms with E-state index < -0.39 is 0 Å². The molecule has 0 heterocycles. The number of nitrogens with two attached hydrogens (primary N) is 1. The molecular weight excluding hydrogens is 200 g/mol. The third-order valence-electron chi connectivity index (χ3n) is 2.07. The Hall–Kier alpha value is -1.35. The van der Waals surface area contributed by atoms with Gasteiger partial charge >= 0.3 is 0 Å². The van der Waals surface area contributed by atoms with Crippen molar-refractivity contribution in [3.05, 3.63) is 35.9 Å². The van der Waals surface area contributed by atoms with E-state index in [9.17, 15) is 0 Å². The van der Waals surface area contributed by atoms with Crippen molar-refractivity contribution < 1.29 is 4.74 Å². The molecule has 1 aromatic rings. The largest absolute Gasteiger partial charge is 0.385 e. The van der Waals surface area contributed by atoms with Gasteiger partial charge in [0.1, 0.15) is 11.9 Å². The van der Waals surface area contributed by atoms with Crippen LogP contribution in [-0.4, -0.2) is 18.5 Å². The lowest BCUT2D eigenvalue weighted by Gasteiger charge is -2.19. The first-order valence-corrected chi connectivity index (χ1v) is 5.37. The topological polar surface area (TPSA) is 47.6 Å². The summed E-state index contributed by atoms with van der Waals surface area (Å²) in [5, 5.41) is 0. The van der Waals surface area contributed by atoms with Crippen LogP contribution in [0, 0.1) is 0 Å². The lowest BCUT2D eigenvalue weighted by Crippen LogP contribution is -2.27. The zero-order valence-corrected chi connectivity index (χ0v) is 10.4. The van der Waals surface area contributed by atoms with Crippen LogP contribution in [0.15, 0.2) is 35.3 Å². The lowest BCUT2D eigenvalue weighted by atomic mass is 10.1. The summed E-state index contributed by atoms with van der Waals surface area (Å²) in [5.74, 6) is 0.515. The van der Waals surface area contributed by atoms with Crippen LogP contribution in [0.2, 0.25) is 0 Å². The van der Waals surface area contributed by atoms with E-state index in [1.54, 1.807) is 7.11 Å². The lowest BCUT2D eigenvalue weighted by molar-refractivity contribution is 0.156. The molecule has 0 saturated heterocycles. The van der Waals surface area contributed by atoms with E-state index in [0.717, 1.165) is 5.56 Å². The summed E-state index contributed by atoms with van der Waals surface area (Å²) >= 11 is 0. The predicted octanol–water partition coefficient (Wildman–Crippen LogP) is 2.53. The van der Waals surface area contributed by atoms with E-state index in [0.29, 0.717) is 5.84 Å². The Morgan fingerprint density at radius 2 is 1.81 bits per heavy atom. The number of ether oxygens (including phenoxy) is 1. The van der Waals surface area contributed by atoms with E-state index >= 15 is 0 Å². The minimum Gasteiger partial charge on any atom is -0.385 e. The fourth-order valence-electron chi connectivity index (χ4n) is 1.50. The Balaban J connectivity index is 2.96. The first-order chi connectivity index (χ1) is 7.44. The van der Waals surface area contributed by atoms with Gasteiger partial charge in [0.15, 0.2) is 0 Å². The van der Waals surface area contributed by atoms with Crippen LogP contribution >= 0.6 is 0 Å². The number of methoxy groups -OCH3 is 1. The van der Waals surface area contributed by atoms with Crippen molar-refractivity contribution in [2.75, 3.05) is 7.11 Å². The molecule has 0 aliphatic carbocycles. The van der Waals surface area contributed by atoms with Gasteiger partial charge in [0.25, 0.3) is 0 Å². The van der Waals surface area contributed by atoms with Gasteiger partial charge in [-0.3, -0.25) is 4.99 Å². The Kier molecular flexibility index (Phi) is 4.07. The molecule has 0 bridgehead atoms. The van der Waals surface area contributed by atoms with Crippen molar-refractivity contribution in [2.24, 2.45) is 10.7 Å². The maximum atomic E-state index is 5.97. The SMILES string of the molecule is COC(C(N)=NC(C)(C)C)c1ccccc1. The Bertz CT molecular complexity index is 352. The van der Waals surface area contributed by atoms with Crippen LogP contribution in [-0.2, 0) is 4.74 Å². The molecule has 1 unspecified atom stereocenters. The molecule has 3 nitrogen and oxygen atoms in total. The molecular formula is C13H20N2O. The zero-order valence-electron chi connectivity index (χ0n) is 10.4. The van der Waals surface area contributed by atoms with Crippen molar-refractivity contribution in [1.82, 2.24) is 0 Å². The summed E-state index contributed by atoms with van der Waals surface area (Å²) in [6.45, 7) is 6.03. The Labute approximate surface area is 97.3 Å². The minimum atomic E-state index is -0.263. The smallest absolute Gasteiger partial charge is 0.139 e. The summed E-state index contributed by atoms with van der Waals surface area (Å²) in [6, 6.07) is 9.86. The molecule has 0 amide bonds. The molecule has 0 aliphatic rings. The fourth-order valence-corrected chi connectivity index (χ4v) is 1.50. The van der Waals surface area contributed by atoms with Crippen molar-refractivity contribution in [2.45, 2.75) is 32.4 Å². The quantitative estimate of drug-likeness (QED) is 0.628. The highest BCUT2D eigenvalue weighted by molar-refractivity contribution is 5.86. The number of rotatable bonds is 3. The van der Waals surface area contributed by atoms with Crippen molar-refractivity contribution in [3.63, 3.8) is 0 Å². The average molecular weight is 220 g/mol. The number of benzene rings is 1. The monoisotopic (exact) mass is 220 g/mol. The normalized spacial score (nSPS) is 14.9. The van der Waals surface area contributed by atoms with Gasteiger partial charge in [-0.05, 0) is 26.3 Å². The molecule has 1 aromatic carbocycles. The zero-order chi connectivity index (χ0) is 12.2. The maximum Gasteiger partial charge on any atom is 0.139 e. The molecule has 1 atom stereocenters. The van der Waals surface area contributed by atoms with Crippen LogP contribution in [0.1, 0.15) is 32.4 Å². The minimum absolute atomic E-state index is 0.185. The maximum absolute atomic E-state index is 5.97. The highest BCUT2D eigenvalue weighted by atomic mass is 16.5. The number of amidine groups is 1. The Morgan fingerprint density at radius 3 is 2.25 bits per heavy atom. The standard InChI is InChI=1S/C13H20N2O/c1-13(2,3)15-12(14)11(16-4)10-8-6-5-7-9-10/h5-9,11H,1-4H3,(H2,14,15). The molecule has 0 saturated carbocycles. The van der Waals surface area contributed by atoms with Gasteiger partial charge in [-0.15, -0.1) is 0 Å². The molecule has 0 radical (unpaired) electrons. The number of hydrogen-bond donors (Lipinski definition) is 1. The Morgan fingerprint density at radius 1 is 1.25 bits per heavy atom. The second-order valence-electron chi connectivity index (χ2n) is 4.73. The molecule has 2 N–H and O–H groups in total. The number of aliphatic imine (C=N–C) groups is 1. The third-order valence-corrected chi connectivity index (χ3v) is 2.07. The van der Waals surface area contributed by atoms with Gasteiger partial charge < -0.3 is 10.5 Å². The summed E-state index contributed by atoms with van der Waals surface area (Å²) in [6.07, 6.45) is -0.263. The molecule has 0 aliphatic heterocycles. The fraction of sp³-hybridized carbons (Fsp3) is 0.462. The highest BCUT2D eigenvalue weighted by Gasteiger charge is 2.17. The van der Waals surface area contributed by atoms with Gasteiger partial charge in [-0.25, -0.2) is 0 Å². The molecule has 16 heavy (non-hydrogen) atoms. The summed E-state index contributed by atoms with van der Waals surface area (Å²) in [5.41, 5.74) is 6.81. The first kappa shape index (κ1) is 12.7. The summed E-state index contributed by atoms with van der Waals surface area (Å²) in [4.78, 5) is 4.43. The highest BCUT2D eigenvalue weighted by Crippen LogP contribution is 2.18. The molecule has 1 rings (SSSR count). The van der Waals surface area contributed by atoms with E-state index in [-0.39, 0.29) is 11.6 Å². The molecule has 0 spiro atoms. The van der Waals surface area contributed by atoms with Crippen LogP contribution in [0.3, 0.4) is 0 Å². The van der Waals surface area contributed by atoms with Crippen molar-refractivity contribution in [1.29, 1.82) is 0 Å². The second kappa shape index (κ2) is 5.12. The van der Waals surface area contributed by atoms with Crippen molar-refractivity contribution in [3.8, 4) is 0 Å². The van der Waals surface area contributed by atoms with Crippen molar-refractivity contribution >= 4 is 5.84 Å². The van der Waals surface area contributed by atoms with Gasteiger partial charge in [0.2, 0.25) is 0 Å². The van der Waals surface area contributed by atoms with E-state index in [1.807, 2.05) is 51.1 Å². The number of hydrogen-bond acceptors (Lipinski definition) is 2. The first-order valence-electron chi connectivity index (χ1n) is 5.37. The molecule has 3 heteroatoms. The molecule has 0 aromatic heterocycles. The summed E-state index contributed by atoms with van der Waals surface area (Å²) in [7, 11) is 1.64. The molecule has 88 valence electrons. The average Bonchev–Trinajstić information content (AvgIpc) is 2.17.